The molecule has 0 bridgehead atoms. The monoisotopic (exact) mass is 528 g/mol. The highest BCUT2D eigenvalue weighted by Crippen LogP contribution is 2.26. The van der Waals surface area contributed by atoms with Crippen LogP contribution in [0.5, 0.6) is 5.75 Å². The van der Waals surface area contributed by atoms with Gasteiger partial charge in [0, 0.05) is 16.5 Å². The Bertz CT molecular complexity index is 1210. The van der Waals surface area contributed by atoms with Crippen LogP contribution in [0, 0.1) is 17.5 Å². The summed E-state index contributed by atoms with van der Waals surface area (Å²) >= 11 is 2.34. The summed E-state index contributed by atoms with van der Waals surface area (Å²) in [5.74, 6) is 1.32. The highest BCUT2D eigenvalue weighted by Gasteiger charge is 2.19. The fourth-order valence-corrected chi connectivity index (χ4v) is 5.51. The first-order chi connectivity index (χ1) is 14.9. The van der Waals surface area contributed by atoms with Gasteiger partial charge in [-0.2, -0.15) is 5.10 Å². The standard InChI is InChI=1S/C25H29IN4O/c1-15(2)23-17(4)30(29-24(23)26)22-14-19-7-6-8-20(28-25(19)27-16(22)3)13-18-9-11-21(31-5)12-10-18/h7,9-12,14-15,20H,6,8,13H2,1-5H3. The fourth-order valence-electron chi connectivity index (χ4n) is 4.29. The Morgan fingerprint density at radius 1 is 1.19 bits per heavy atom. The van der Waals surface area contributed by atoms with Gasteiger partial charge in [-0.1, -0.05) is 32.1 Å². The van der Waals surface area contributed by atoms with Crippen LogP contribution in [-0.4, -0.2) is 27.9 Å². The van der Waals surface area contributed by atoms with Gasteiger partial charge in [-0.25, -0.2) is 9.67 Å². The van der Waals surface area contributed by atoms with Gasteiger partial charge >= 0.3 is 0 Å². The number of hydrogen-bond donors (Lipinski definition) is 0. The molecule has 0 aliphatic carbocycles. The Labute approximate surface area is 197 Å². The Kier molecular flexibility index (Phi) is 6.46. The van der Waals surface area contributed by atoms with Crippen LogP contribution in [0.1, 0.15) is 55.1 Å². The number of benzene rings is 1. The van der Waals surface area contributed by atoms with Gasteiger partial charge in [0.1, 0.15) is 9.45 Å². The highest BCUT2D eigenvalue weighted by molar-refractivity contribution is 14.1. The van der Waals surface area contributed by atoms with E-state index >= 15 is 0 Å². The number of aromatic nitrogens is 3. The molecule has 2 aromatic heterocycles. The smallest absolute Gasteiger partial charge is 0.154 e. The van der Waals surface area contributed by atoms with E-state index in [1.54, 1.807) is 7.11 Å². The lowest BCUT2D eigenvalue weighted by Gasteiger charge is -2.11. The second-order valence-electron chi connectivity index (χ2n) is 8.48. The quantitative estimate of drug-likeness (QED) is 0.461. The lowest BCUT2D eigenvalue weighted by molar-refractivity contribution is 0.414. The maximum Gasteiger partial charge on any atom is 0.154 e. The zero-order valence-electron chi connectivity index (χ0n) is 18.8. The molecule has 5 nitrogen and oxygen atoms in total. The van der Waals surface area contributed by atoms with Gasteiger partial charge in [0.15, 0.2) is 5.49 Å². The number of fused-ring (bicyclic) bond motifs is 1. The Balaban J connectivity index is 1.70. The third-order valence-electron chi connectivity index (χ3n) is 5.92. The van der Waals surface area contributed by atoms with E-state index in [1.807, 2.05) is 16.8 Å². The van der Waals surface area contributed by atoms with Crippen molar-refractivity contribution < 1.29 is 4.74 Å². The molecule has 0 amide bonds. The lowest BCUT2D eigenvalue weighted by Crippen LogP contribution is -2.31. The van der Waals surface area contributed by atoms with E-state index in [4.69, 9.17) is 19.8 Å². The van der Waals surface area contributed by atoms with Gasteiger partial charge in [0.2, 0.25) is 0 Å². The highest BCUT2D eigenvalue weighted by atomic mass is 127. The molecule has 0 saturated carbocycles. The van der Waals surface area contributed by atoms with E-state index in [2.05, 4.69) is 74.6 Å². The van der Waals surface area contributed by atoms with Crippen LogP contribution in [-0.2, 0) is 6.42 Å². The Morgan fingerprint density at radius 2 is 1.94 bits per heavy atom. The zero-order valence-corrected chi connectivity index (χ0v) is 21.0. The first-order valence-electron chi connectivity index (χ1n) is 10.8. The van der Waals surface area contributed by atoms with Crippen molar-refractivity contribution >= 4 is 28.7 Å². The number of methoxy groups -OCH3 is 1. The minimum absolute atomic E-state index is 0.226. The second-order valence-corrected chi connectivity index (χ2v) is 9.50. The predicted molar refractivity (Wildman–Crippen MR) is 133 cm³/mol. The molecule has 31 heavy (non-hydrogen) atoms. The average molecular weight is 528 g/mol. The molecule has 1 aliphatic heterocycles. The molecule has 0 spiro atoms. The molecule has 1 atom stereocenters. The van der Waals surface area contributed by atoms with E-state index in [0.717, 1.165) is 50.8 Å². The van der Waals surface area contributed by atoms with Crippen LogP contribution in [0.25, 0.3) is 11.8 Å². The van der Waals surface area contributed by atoms with E-state index < -0.39 is 0 Å². The molecule has 3 aromatic rings. The van der Waals surface area contributed by atoms with E-state index in [9.17, 15) is 0 Å². The Morgan fingerprint density at radius 3 is 2.58 bits per heavy atom. The van der Waals surface area contributed by atoms with Crippen LogP contribution in [0.2, 0.25) is 0 Å². The van der Waals surface area contributed by atoms with Crippen LogP contribution in [0.3, 0.4) is 0 Å². The zero-order chi connectivity index (χ0) is 22.1. The molecule has 6 heteroatoms. The van der Waals surface area contributed by atoms with Crippen molar-refractivity contribution in [3.63, 3.8) is 0 Å². The summed E-state index contributed by atoms with van der Waals surface area (Å²) in [7, 11) is 1.69. The third-order valence-corrected chi connectivity index (χ3v) is 6.71. The Hall–Kier alpha value is -2.22. The normalized spacial score (nSPS) is 15.8. The van der Waals surface area contributed by atoms with E-state index in [-0.39, 0.29) is 6.04 Å². The molecule has 3 heterocycles. The number of hydrogen-bond acceptors (Lipinski definition) is 4. The third kappa shape index (κ3) is 4.54. The van der Waals surface area contributed by atoms with Crippen molar-refractivity contribution in [1.29, 1.82) is 0 Å². The van der Waals surface area contributed by atoms with Crippen LogP contribution in [0.15, 0.2) is 35.3 Å². The first kappa shape index (κ1) is 22.0. The van der Waals surface area contributed by atoms with Crippen molar-refractivity contribution in [1.82, 2.24) is 14.8 Å². The summed E-state index contributed by atoms with van der Waals surface area (Å²) in [6.45, 7) is 8.63. The van der Waals surface area contributed by atoms with Crippen molar-refractivity contribution in [2.75, 3.05) is 7.11 Å². The number of pyridine rings is 1. The van der Waals surface area contributed by atoms with Crippen molar-refractivity contribution in [3.05, 3.63) is 67.3 Å². The fraction of sp³-hybridized carbons (Fsp3) is 0.400. The summed E-state index contributed by atoms with van der Waals surface area (Å²) in [6.07, 6.45) is 5.20. The summed E-state index contributed by atoms with van der Waals surface area (Å²) < 4.78 is 8.38. The summed E-state index contributed by atoms with van der Waals surface area (Å²) in [4.78, 5) is 9.95. The molecular weight excluding hydrogens is 499 g/mol. The first-order valence-corrected chi connectivity index (χ1v) is 11.9. The predicted octanol–water partition coefficient (Wildman–Crippen LogP) is 4.43. The lowest BCUT2D eigenvalue weighted by atomic mass is 10.0. The molecule has 0 saturated heterocycles. The van der Waals surface area contributed by atoms with E-state index in [0.29, 0.717) is 5.92 Å². The number of aryl methyl sites for hydroxylation is 1. The van der Waals surface area contributed by atoms with E-state index in [1.165, 1.54) is 16.8 Å². The molecule has 1 unspecified atom stereocenters. The van der Waals surface area contributed by atoms with Gasteiger partial charge < -0.3 is 4.74 Å². The summed E-state index contributed by atoms with van der Waals surface area (Å²) in [5, 5.41) is 5.93. The SMILES string of the molecule is COc1ccc(CC2CCC=c3cc(-n4nc(I)c(C(C)C)c4C)c(C)nc3=N2)cc1. The number of rotatable bonds is 5. The van der Waals surface area contributed by atoms with Gasteiger partial charge in [-0.3, -0.25) is 4.99 Å². The van der Waals surface area contributed by atoms with Gasteiger partial charge in [0.05, 0.1) is 24.5 Å². The largest absolute Gasteiger partial charge is 0.497 e. The van der Waals surface area contributed by atoms with Gasteiger partial charge in [-0.05, 0) is 85.4 Å². The minimum atomic E-state index is 0.226. The molecule has 0 fully saturated rings. The van der Waals surface area contributed by atoms with Crippen LogP contribution in [0.4, 0.5) is 0 Å². The maximum atomic E-state index is 5.27. The molecule has 0 N–H and O–H groups in total. The number of nitrogens with zero attached hydrogens (tertiary/aromatic N) is 4. The van der Waals surface area contributed by atoms with Crippen molar-refractivity contribution in [2.45, 2.75) is 58.9 Å². The van der Waals surface area contributed by atoms with Gasteiger partial charge in [0.25, 0.3) is 0 Å². The number of halogens is 1. The maximum absolute atomic E-state index is 5.27. The molecule has 1 aromatic carbocycles. The van der Waals surface area contributed by atoms with Crippen molar-refractivity contribution in [2.24, 2.45) is 4.99 Å². The molecule has 0 radical (unpaired) electrons. The molecule has 162 valence electrons. The minimum Gasteiger partial charge on any atom is -0.497 e. The summed E-state index contributed by atoms with van der Waals surface area (Å²) in [6, 6.07) is 10.7. The second kappa shape index (κ2) is 9.10. The topological polar surface area (TPSA) is 52.3 Å². The molecule has 1 aliphatic rings. The van der Waals surface area contributed by atoms with Crippen LogP contribution >= 0.6 is 22.6 Å². The summed E-state index contributed by atoms with van der Waals surface area (Å²) in [5.41, 5.74) is 6.62. The van der Waals surface area contributed by atoms with Gasteiger partial charge in [-0.15, -0.1) is 0 Å². The molecular formula is C25H29IN4O. The van der Waals surface area contributed by atoms with Crippen molar-refractivity contribution in [3.8, 4) is 11.4 Å². The number of ether oxygens (including phenoxy) is 1. The molecule has 4 rings (SSSR count). The van der Waals surface area contributed by atoms with Crippen LogP contribution < -0.4 is 15.4 Å². The average Bonchev–Trinajstić information content (AvgIpc) is 2.90.